The molecule has 0 bridgehead atoms. The van der Waals surface area contributed by atoms with Crippen LogP contribution in [0.3, 0.4) is 0 Å². The molecule has 0 spiro atoms. The minimum atomic E-state index is -0.0202. The quantitative estimate of drug-likeness (QED) is 0.696. The van der Waals surface area contributed by atoms with Crippen molar-refractivity contribution >= 4 is 27.6 Å². The van der Waals surface area contributed by atoms with E-state index in [4.69, 9.17) is 14.9 Å². The number of rotatable bonds is 5. The van der Waals surface area contributed by atoms with Gasteiger partial charge in [-0.05, 0) is 38.1 Å². The Labute approximate surface area is 159 Å². The van der Waals surface area contributed by atoms with Gasteiger partial charge in [-0.3, -0.25) is 4.79 Å². The zero-order chi connectivity index (χ0) is 18.8. The molecular weight excluding hydrogens is 340 g/mol. The lowest BCUT2D eigenvalue weighted by molar-refractivity contribution is 0.00767. The first-order valence-electron chi connectivity index (χ1n) is 9.71. The van der Waals surface area contributed by atoms with Crippen LogP contribution in [-0.4, -0.2) is 43.2 Å². The Kier molecular flexibility index (Phi) is 5.14. The first-order chi connectivity index (χ1) is 13.2. The zero-order valence-electron chi connectivity index (χ0n) is 15.7. The van der Waals surface area contributed by atoms with E-state index in [0.29, 0.717) is 32.0 Å². The van der Waals surface area contributed by atoms with Gasteiger partial charge >= 0.3 is 0 Å². The molecule has 0 saturated carbocycles. The number of nitrogens with zero attached hydrogens (tertiary/aromatic N) is 1. The van der Waals surface area contributed by atoms with E-state index in [0.717, 1.165) is 46.6 Å². The molecule has 1 amide bonds. The molecule has 1 aliphatic heterocycles. The number of hydrogen-bond donors (Lipinski definition) is 1. The maximum atomic E-state index is 13.1. The summed E-state index contributed by atoms with van der Waals surface area (Å²) in [7, 11) is 0. The Balaban J connectivity index is 1.53. The highest BCUT2D eigenvalue weighted by Crippen LogP contribution is 2.32. The molecule has 2 aromatic carbocycles. The van der Waals surface area contributed by atoms with Gasteiger partial charge in [-0.1, -0.05) is 36.4 Å². The lowest BCUT2D eigenvalue weighted by Crippen LogP contribution is -2.41. The van der Waals surface area contributed by atoms with Crippen molar-refractivity contribution in [1.29, 1.82) is 0 Å². The van der Waals surface area contributed by atoms with Gasteiger partial charge in [0.2, 0.25) is 0 Å². The molecule has 5 nitrogen and oxygen atoms in total. The number of aryl methyl sites for hydroxylation is 1. The van der Waals surface area contributed by atoms with Crippen molar-refractivity contribution in [1.82, 2.24) is 4.90 Å². The van der Waals surface area contributed by atoms with E-state index in [2.05, 4.69) is 12.1 Å². The number of likely N-dealkylation sites (tertiary alicyclic amines) is 1. The Morgan fingerprint density at radius 3 is 2.74 bits per heavy atom. The van der Waals surface area contributed by atoms with Crippen LogP contribution in [0.1, 0.15) is 35.4 Å². The monoisotopic (exact) mass is 366 g/mol. The number of ether oxygens (including phenoxy) is 1. The number of carbonyl (C=O) groups excluding carboxylic acids is 1. The largest absolute Gasteiger partial charge is 0.450 e. The highest BCUT2D eigenvalue weighted by molar-refractivity contribution is 6.08. The van der Waals surface area contributed by atoms with Crippen LogP contribution in [0.4, 0.5) is 0 Å². The minimum absolute atomic E-state index is 0.0202. The molecule has 0 unspecified atom stereocenters. The van der Waals surface area contributed by atoms with Gasteiger partial charge < -0.3 is 19.8 Å². The number of benzene rings is 2. The Morgan fingerprint density at radius 1 is 1.19 bits per heavy atom. The number of hydrogen-bond acceptors (Lipinski definition) is 4. The van der Waals surface area contributed by atoms with Gasteiger partial charge in [0.1, 0.15) is 5.58 Å². The molecule has 0 atom stereocenters. The van der Waals surface area contributed by atoms with Gasteiger partial charge in [0.15, 0.2) is 5.76 Å². The molecule has 27 heavy (non-hydrogen) atoms. The van der Waals surface area contributed by atoms with Crippen LogP contribution in [0.5, 0.6) is 0 Å². The average molecular weight is 366 g/mol. The van der Waals surface area contributed by atoms with E-state index in [1.165, 1.54) is 0 Å². The summed E-state index contributed by atoms with van der Waals surface area (Å²) in [5.41, 5.74) is 7.23. The molecular formula is C22H26N2O3. The molecule has 1 aliphatic rings. The average Bonchev–Trinajstić information content (AvgIpc) is 3.05. The van der Waals surface area contributed by atoms with Crippen LogP contribution in [0.15, 0.2) is 40.8 Å². The number of piperidine rings is 1. The van der Waals surface area contributed by atoms with Gasteiger partial charge in [0, 0.05) is 36.0 Å². The number of fused-ring (bicyclic) bond motifs is 3. The fraction of sp³-hybridized carbons (Fsp3) is 0.409. The molecule has 142 valence electrons. The number of amides is 1. The van der Waals surface area contributed by atoms with Crippen LogP contribution in [-0.2, 0) is 4.74 Å². The van der Waals surface area contributed by atoms with Crippen LogP contribution in [0, 0.1) is 6.92 Å². The fourth-order valence-electron chi connectivity index (χ4n) is 3.86. The molecule has 5 heteroatoms. The van der Waals surface area contributed by atoms with E-state index in [1.807, 2.05) is 36.1 Å². The molecule has 2 heterocycles. The Morgan fingerprint density at radius 2 is 1.96 bits per heavy atom. The summed E-state index contributed by atoms with van der Waals surface area (Å²) in [6, 6.07) is 12.2. The molecule has 0 radical (unpaired) electrons. The third-order valence-electron chi connectivity index (χ3n) is 5.45. The van der Waals surface area contributed by atoms with Crippen molar-refractivity contribution in [2.24, 2.45) is 5.73 Å². The summed E-state index contributed by atoms with van der Waals surface area (Å²) in [6.07, 6.45) is 2.82. The van der Waals surface area contributed by atoms with Gasteiger partial charge in [-0.25, -0.2) is 0 Å². The standard InChI is InChI=1S/C22H26N2O3/c1-15-18-8-7-16-5-2-3-6-19(16)21(18)27-20(15)22(25)24-12-9-17(10-13-24)26-14-4-11-23/h2-3,5-8,17H,4,9-14,23H2,1H3. The predicted octanol–water partition coefficient (Wildman–Crippen LogP) is 3.86. The zero-order valence-corrected chi connectivity index (χ0v) is 15.7. The van der Waals surface area contributed by atoms with E-state index in [-0.39, 0.29) is 12.0 Å². The van der Waals surface area contributed by atoms with E-state index in [1.54, 1.807) is 0 Å². The smallest absolute Gasteiger partial charge is 0.289 e. The predicted molar refractivity (Wildman–Crippen MR) is 107 cm³/mol. The number of nitrogens with two attached hydrogens (primary N) is 1. The SMILES string of the molecule is Cc1c(C(=O)N2CCC(OCCCN)CC2)oc2c1ccc1ccccc12. The molecule has 3 aromatic rings. The summed E-state index contributed by atoms with van der Waals surface area (Å²) >= 11 is 0. The molecule has 2 N–H and O–H groups in total. The van der Waals surface area contributed by atoms with Gasteiger partial charge in [-0.15, -0.1) is 0 Å². The number of carbonyl (C=O) groups is 1. The highest BCUT2D eigenvalue weighted by Gasteiger charge is 2.28. The molecule has 1 saturated heterocycles. The van der Waals surface area contributed by atoms with Crippen molar-refractivity contribution in [3.63, 3.8) is 0 Å². The van der Waals surface area contributed by atoms with Crippen LogP contribution >= 0.6 is 0 Å². The maximum absolute atomic E-state index is 13.1. The molecule has 4 rings (SSSR count). The van der Waals surface area contributed by atoms with E-state index in [9.17, 15) is 4.79 Å². The first kappa shape index (κ1) is 18.0. The van der Waals surface area contributed by atoms with Crippen molar-refractivity contribution in [2.75, 3.05) is 26.2 Å². The van der Waals surface area contributed by atoms with Crippen LogP contribution < -0.4 is 5.73 Å². The number of furan rings is 1. The maximum Gasteiger partial charge on any atom is 0.289 e. The van der Waals surface area contributed by atoms with Crippen LogP contribution in [0.2, 0.25) is 0 Å². The Hall–Kier alpha value is -2.37. The van der Waals surface area contributed by atoms with E-state index < -0.39 is 0 Å². The second-order valence-corrected chi connectivity index (χ2v) is 7.22. The van der Waals surface area contributed by atoms with Gasteiger partial charge in [-0.2, -0.15) is 0 Å². The Bertz CT molecular complexity index is 955. The molecule has 1 fully saturated rings. The minimum Gasteiger partial charge on any atom is -0.450 e. The second kappa shape index (κ2) is 7.71. The van der Waals surface area contributed by atoms with Crippen molar-refractivity contribution in [2.45, 2.75) is 32.3 Å². The third-order valence-corrected chi connectivity index (χ3v) is 5.45. The van der Waals surface area contributed by atoms with Crippen molar-refractivity contribution in [3.05, 3.63) is 47.7 Å². The normalized spacial score (nSPS) is 15.7. The van der Waals surface area contributed by atoms with Crippen molar-refractivity contribution in [3.8, 4) is 0 Å². The highest BCUT2D eigenvalue weighted by atomic mass is 16.5. The summed E-state index contributed by atoms with van der Waals surface area (Å²) in [5, 5.41) is 3.18. The summed E-state index contributed by atoms with van der Waals surface area (Å²) in [4.78, 5) is 15.0. The first-order valence-corrected chi connectivity index (χ1v) is 9.71. The van der Waals surface area contributed by atoms with Crippen LogP contribution in [0.25, 0.3) is 21.7 Å². The lowest BCUT2D eigenvalue weighted by Gasteiger charge is -2.31. The fourth-order valence-corrected chi connectivity index (χ4v) is 3.86. The second-order valence-electron chi connectivity index (χ2n) is 7.22. The van der Waals surface area contributed by atoms with Gasteiger partial charge in [0.25, 0.3) is 5.91 Å². The lowest BCUT2D eigenvalue weighted by atomic mass is 10.0. The summed E-state index contributed by atoms with van der Waals surface area (Å²) < 4.78 is 11.9. The van der Waals surface area contributed by atoms with Gasteiger partial charge in [0.05, 0.1) is 6.10 Å². The molecule has 1 aromatic heterocycles. The van der Waals surface area contributed by atoms with Crippen molar-refractivity contribution < 1.29 is 13.9 Å². The topological polar surface area (TPSA) is 68.7 Å². The van der Waals surface area contributed by atoms with E-state index >= 15 is 0 Å². The third kappa shape index (κ3) is 3.45. The summed E-state index contributed by atoms with van der Waals surface area (Å²) in [5.74, 6) is 0.442. The summed E-state index contributed by atoms with van der Waals surface area (Å²) in [6.45, 7) is 4.71. The molecule has 0 aliphatic carbocycles.